The van der Waals surface area contributed by atoms with Gasteiger partial charge in [-0.1, -0.05) is 20.8 Å². The highest BCUT2D eigenvalue weighted by Gasteiger charge is 2.27. The fourth-order valence-corrected chi connectivity index (χ4v) is 3.06. The van der Waals surface area contributed by atoms with E-state index in [9.17, 15) is 25.3 Å². The van der Waals surface area contributed by atoms with Crippen molar-refractivity contribution < 1.29 is 37.8 Å². The monoisotopic (exact) mass is 416 g/mol. The second kappa shape index (κ2) is 6.65. The smallest absolute Gasteiger partial charge is 0.306 e. The van der Waals surface area contributed by atoms with Gasteiger partial charge in [0.1, 0.15) is 0 Å². The number of rotatable bonds is 6. The molecule has 12 heteroatoms. The molecule has 0 aliphatic rings. The highest BCUT2D eigenvalue weighted by Crippen LogP contribution is 2.43. The summed E-state index contributed by atoms with van der Waals surface area (Å²) in [4.78, 5) is 0. The normalized spacial score (nSPS) is 13.4. The van der Waals surface area contributed by atoms with Crippen LogP contribution in [0.5, 0.6) is 17.2 Å². The molecule has 0 spiro atoms. The fourth-order valence-electron chi connectivity index (χ4n) is 1.69. The Hall–Kier alpha value is -1.53. The lowest BCUT2D eigenvalue weighted by atomic mass is 9.87. The van der Waals surface area contributed by atoms with E-state index in [4.69, 9.17) is 12.5 Å². The van der Waals surface area contributed by atoms with Gasteiger partial charge in [-0.05, 0) is 23.1 Å². The molecule has 0 saturated heterocycles. The summed E-state index contributed by atoms with van der Waals surface area (Å²) in [6.45, 7) is 5.32. The van der Waals surface area contributed by atoms with E-state index in [1.54, 1.807) is 20.8 Å². The van der Waals surface area contributed by atoms with Gasteiger partial charge in [0.15, 0.2) is 11.5 Å². The van der Waals surface area contributed by atoms with Crippen LogP contribution < -0.4 is 12.5 Å². The maximum absolute atomic E-state index is 11.5. The van der Waals surface area contributed by atoms with E-state index in [-0.39, 0.29) is 0 Å². The third kappa shape index (κ3) is 7.48. The molecule has 0 heterocycles. The van der Waals surface area contributed by atoms with E-state index in [1.165, 1.54) is 12.1 Å². The Bertz CT molecular complexity index is 911. The zero-order valence-electron chi connectivity index (χ0n) is 14.6. The van der Waals surface area contributed by atoms with Gasteiger partial charge in [-0.15, -0.1) is 0 Å². The van der Waals surface area contributed by atoms with Crippen molar-refractivity contribution in [2.24, 2.45) is 0 Å². The molecule has 1 aromatic carbocycles. The van der Waals surface area contributed by atoms with Gasteiger partial charge in [0, 0.05) is 0 Å². The average molecular weight is 416 g/mol. The summed E-state index contributed by atoms with van der Waals surface area (Å²) in [6.07, 6.45) is 2.20. The first-order chi connectivity index (χ1) is 10.9. The molecule has 0 amide bonds. The number of hydrogen-bond donors (Lipinski definition) is 0. The molecule has 0 fully saturated rings. The Kier molecular flexibility index (Phi) is 5.72. The average Bonchev–Trinajstić information content (AvgIpc) is 2.26. The summed E-state index contributed by atoms with van der Waals surface area (Å²) >= 11 is 0. The molecular formula is C13H20O9S3. The molecule has 1 aromatic rings. The maximum Gasteiger partial charge on any atom is 0.306 e. The molecule has 0 aliphatic heterocycles. The van der Waals surface area contributed by atoms with Gasteiger partial charge >= 0.3 is 30.4 Å². The molecule has 0 N–H and O–H groups in total. The molecule has 0 aromatic heterocycles. The minimum absolute atomic E-state index is 0.436. The standard InChI is InChI=1S/C13H20O9S3/c1-13(2,3)9-7-10(20-23(4,14)15)12(22-25(6,18)19)11(8-9)21-24(5,16)17/h7-8H,1-6H3. The van der Waals surface area contributed by atoms with Crippen molar-refractivity contribution in [3.63, 3.8) is 0 Å². The maximum atomic E-state index is 11.5. The van der Waals surface area contributed by atoms with Crippen LogP contribution >= 0.6 is 0 Å². The van der Waals surface area contributed by atoms with E-state index < -0.39 is 53.0 Å². The Balaban J connectivity index is 3.82. The van der Waals surface area contributed by atoms with Gasteiger partial charge in [0.2, 0.25) is 5.75 Å². The van der Waals surface area contributed by atoms with Crippen LogP contribution in [-0.2, 0) is 35.8 Å². The summed E-state index contributed by atoms with van der Waals surface area (Å²) in [7, 11) is -12.2. The molecule has 25 heavy (non-hydrogen) atoms. The van der Waals surface area contributed by atoms with E-state index in [0.717, 1.165) is 12.5 Å². The van der Waals surface area contributed by atoms with Gasteiger partial charge in [0.05, 0.1) is 18.8 Å². The van der Waals surface area contributed by atoms with Crippen LogP contribution in [0, 0.1) is 0 Å². The molecule has 0 unspecified atom stereocenters. The quantitative estimate of drug-likeness (QED) is 0.623. The Morgan fingerprint density at radius 3 is 1.24 bits per heavy atom. The number of hydrogen-bond acceptors (Lipinski definition) is 9. The van der Waals surface area contributed by atoms with Crippen molar-refractivity contribution in [2.45, 2.75) is 26.2 Å². The third-order valence-corrected chi connectivity index (χ3v) is 4.04. The molecule has 1 rings (SSSR count). The van der Waals surface area contributed by atoms with E-state index in [0.29, 0.717) is 11.8 Å². The van der Waals surface area contributed by atoms with Crippen LogP contribution in [0.15, 0.2) is 12.1 Å². The first-order valence-corrected chi connectivity index (χ1v) is 12.2. The molecule has 0 aliphatic carbocycles. The first-order valence-electron chi connectivity index (χ1n) is 6.74. The topological polar surface area (TPSA) is 130 Å². The molecule has 0 atom stereocenters. The van der Waals surface area contributed by atoms with Crippen LogP contribution in [0.4, 0.5) is 0 Å². The van der Waals surface area contributed by atoms with Crippen LogP contribution in [0.1, 0.15) is 26.3 Å². The molecular weight excluding hydrogens is 396 g/mol. The fraction of sp³-hybridized carbons (Fsp3) is 0.538. The Morgan fingerprint density at radius 1 is 0.680 bits per heavy atom. The van der Waals surface area contributed by atoms with Gasteiger partial charge in [0.25, 0.3) is 0 Å². The van der Waals surface area contributed by atoms with E-state index in [2.05, 4.69) is 0 Å². The van der Waals surface area contributed by atoms with Crippen molar-refractivity contribution in [2.75, 3.05) is 18.8 Å². The molecule has 0 saturated carbocycles. The van der Waals surface area contributed by atoms with Crippen LogP contribution in [0.3, 0.4) is 0 Å². The van der Waals surface area contributed by atoms with E-state index >= 15 is 0 Å². The second-order valence-corrected chi connectivity index (χ2v) is 11.1. The summed E-state index contributed by atoms with van der Waals surface area (Å²) in [6, 6.07) is 2.49. The van der Waals surface area contributed by atoms with Crippen molar-refractivity contribution in [1.82, 2.24) is 0 Å². The van der Waals surface area contributed by atoms with Crippen molar-refractivity contribution >= 4 is 30.4 Å². The van der Waals surface area contributed by atoms with Crippen LogP contribution in [-0.4, -0.2) is 44.0 Å². The van der Waals surface area contributed by atoms with Crippen molar-refractivity contribution in [3.05, 3.63) is 17.7 Å². The minimum Gasteiger partial charge on any atom is -0.378 e. The minimum atomic E-state index is -4.13. The lowest BCUT2D eigenvalue weighted by Gasteiger charge is -2.22. The lowest BCUT2D eigenvalue weighted by Crippen LogP contribution is -2.17. The summed E-state index contributed by atoms with van der Waals surface area (Å²) in [5.41, 5.74) is -0.125. The molecule has 9 nitrogen and oxygen atoms in total. The number of benzene rings is 1. The third-order valence-electron chi connectivity index (χ3n) is 2.60. The van der Waals surface area contributed by atoms with Gasteiger partial charge in [-0.2, -0.15) is 25.3 Å². The van der Waals surface area contributed by atoms with Gasteiger partial charge < -0.3 is 12.5 Å². The first kappa shape index (κ1) is 21.5. The highest BCUT2D eigenvalue weighted by molar-refractivity contribution is 7.87. The van der Waals surface area contributed by atoms with Gasteiger partial charge in [-0.3, -0.25) is 0 Å². The zero-order valence-corrected chi connectivity index (χ0v) is 17.0. The van der Waals surface area contributed by atoms with E-state index in [1.807, 2.05) is 0 Å². The summed E-state index contributed by atoms with van der Waals surface area (Å²) in [5, 5.41) is 0. The second-order valence-electron chi connectivity index (χ2n) is 6.41. The van der Waals surface area contributed by atoms with Crippen LogP contribution in [0.25, 0.3) is 0 Å². The predicted octanol–water partition coefficient (Wildman–Crippen LogP) is 0.999. The van der Waals surface area contributed by atoms with Crippen molar-refractivity contribution in [3.8, 4) is 17.2 Å². The zero-order chi connectivity index (χ0) is 19.8. The largest absolute Gasteiger partial charge is 0.378 e. The predicted molar refractivity (Wildman–Crippen MR) is 91.6 cm³/mol. The SMILES string of the molecule is CC(C)(C)c1cc(OS(C)(=O)=O)c(OS(C)(=O)=O)c(OS(C)(=O)=O)c1. The molecule has 0 radical (unpaired) electrons. The van der Waals surface area contributed by atoms with Crippen molar-refractivity contribution in [1.29, 1.82) is 0 Å². The Morgan fingerprint density at radius 2 is 1.00 bits per heavy atom. The Labute approximate surface area is 148 Å². The van der Waals surface area contributed by atoms with Crippen LogP contribution in [0.2, 0.25) is 0 Å². The summed E-state index contributed by atoms with van der Waals surface area (Å²) < 4.78 is 83.2. The molecule has 0 bridgehead atoms. The lowest BCUT2D eigenvalue weighted by molar-refractivity contribution is 0.431. The summed E-state index contributed by atoms with van der Waals surface area (Å²) in [5.74, 6) is -1.68. The molecule has 144 valence electrons. The van der Waals surface area contributed by atoms with Gasteiger partial charge in [-0.25, -0.2) is 0 Å². The highest BCUT2D eigenvalue weighted by atomic mass is 32.2.